The molecule has 0 bridgehead atoms. The number of carbonyl (C=O) groups excluding carboxylic acids is 1. The smallest absolute Gasteiger partial charge is 0.254 e. The second kappa shape index (κ2) is 6.33. The second-order valence-corrected chi connectivity index (χ2v) is 6.39. The monoisotopic (exact) mass is 292 g/mol. The van der Waals surface area contributed by atoms with Gasteiger partial charge < -0.3 is 15.0 Å². The fraction of sp³-hybridized carbons (Fsp3) is 0.625. The minimum Gasteiger partial charge on any atom is -0.508 e. The normalized spacial score (nSPS) is 20.6. The molecule has 0 radical (unpaired) electrons. The Morgan fingerprint density at radius 2 is 2.19 bits per heavy atom. The zero-order valence-corrected chi connectivity index (χ0v) is 12.9. The van der Waals surface area contributed by atoms with Crippen molar-refractivity contribution >= 4 is 5.91 Å². The van der Waals surface area contributed by atoms with Crippen LogP contribution in [0.5, 0.6) is 5.75 Å². The van der Waals surface area contributed by atoms with E-state index in [9.17, 15) is 14.7 Å². The summed E-state index contributed by atoms with van der Waals surface area (Å²) in [6, 6.07) is 3.01. The lowest BCUT2D eigenvalue weighted by molar-refractivity contribution is -0.121. The zero-order chi connectivity index (χ0) is 15.6. The predicted octanol–water partition coefficient (Wildman–Crippen LogP) is 1.80. The number of aryl methyl sites for hydroxylation is 1. The average Bonchev–Trinajstić information content (AvgIpc) is 3.04. The molecule has 0 aromatic carbocycles. The number of carbonyl (C=O) groups is 1. The lowest BCUT2D eigenvalue weighted by Crippen LogP contribution is -2.30. The van der Waals surface area contributed by atoms with Gasteiger partial charge in [-0.2, -0.15) is 0 Å². The number of amides is 1. The molecule has 1 saturated carbocycles. The van der Waals surface area contributed by atoms with Crippen molar-refractivity contribution in [1.29, 1.82) is 0 Å². The molecule has 5 heteroatoms. The average molecular weight is 292 g/mol. The standard InChI is InChI=1S/C16H24N2O3/c1-10(2)6-12-8-14(12)17-15(20)4-5-18-11(3)7-13(19)9-16(18)21/h7,9-10,12,14,19H,4-6,8H2,1-3H3,(H,17,20)/t12-,14-/m1/s1. The molecular formula is C16H24N2O3. The van der Waals surface area contributed by atoms with Crippen molar-refractivity contribution in [2.75, 3.05) is 0 Å². The molecule has 1 aliphatic rings. The number of aromatic hydroxyl groups is 1. The van der Waals surface area contributed by atoms with Crippen molar-refractivity contribution in [3.8, 4) is 5.75 Å². The number of hydrogen-bond donors (Lipinski definition) is 2. The summed E-state index contributed by atoms with van der Waals surface area (Å²) in [5, 5.41) is 12.4. The Labute approximate surface area is 125 Å². The van der Waals surface area contributed by atoms with E-state index >= 15 is 0 Å². The molecule has 0 aliphatic heterocycles. The summed E-state index contributed by atoms with van der Waals surface area (Å²) < 4.78 is 1.51. The summed E-state index contributed by atoms with van der Waals surface area (Å²) in [7, 11) is 0. The van der Waals surface area contributed by atoms with Gasteiger partial charge in [0.05, 0.1) is 0 Å². The van der Waals surface area contributed by atoms with Crippen LogP contribution >= 0.6 is 0 Å². The Balaban J connectivity index is 1.82. The van der Waals surface area contributed by atoms with Gasteiger partial charge in [-0.25, -0.2) is 0 Å². The van der Waals surface area contributed by atoms with E-state index in [1.165, 1.54) is 16.7 Å². The quantitative estimate of drug-likeness (QED) is 0.840. The molecule has 116 valence electrons. The summed E-state index contributed by atoms with van der Waals surface area (Å²) in [5.74, 6) is 1.24. The molecule has 0 unspecified atom stereocenters. The van der Waals surface area contributed by atoms with E-state index in [0.717, 1.165) is 12.8 Å². The van der Waals surface area contributed by atoms with E-state index in [0.29, 0.717) is 30.1 Å². The number of hydrogen-bond acceptors (Lipinski definition) is 3. The van der Waals surface area contributed by atoms with Gasteiger partial charge in [0.25, 0.3) is 5.56 Å². The molecule has 2 rings (SSSR count). The molecule has 1 fully saturated rings. The van der Waals surface area contributed by atoms with Crippen molar-refractivity contribution in [3.63, 3.8) is 0 Å². The molecule has 1 aromatic heterocycles. The Morgan fingerprint density at radius 1 is 1.48 bits per heavy atom. The van der Waals surface area contributed by atoms with Crippen molar-refractivity contribution in [1.82, 2.24) is 9.88 Å². The van der Waals surface area contributed by atoms with E-state index in [-0.39, 0.29) is 23.6 Å². The second-order valence-electron chi connectivity index (χ2n) is 6.39. The molecule has 2 N–H and O–H groups in total. The van der Waals surface area contributed by atoms with Crippen LogP contribution in [-0.2, 0) is 11.3 Å². The van der Waals surface area contributed by atoms with Gasteiger partial charge in [-0.3, -0.25) is 9.59 Å². The first-order valence-corrected chi connectivity index (χ1v) is 7.56. The number of nitrogens with zero attached hydrogens (tertiary/aromatic N) is 1. The molecule has 5 nitrogen and oxygen atoms in total. The van der Waals surface area contributed by atoms with Gasteiger partial charge in [0.1, 0.15) is 5.75 Å². The summed E-state index contributed by atoms with van der Waals surface area (Å²) in [6.07, 6.45) is 2.51. The van der Waals surface area contributed by atoms with Crippen LogP contribution in [0.15, 0.2) is 16.9 Å². The third-order valence-electron chi connectivity index (χ3n) is 3.93. The van der Waals surface area contributed by atoms with Gasteiger partial charge in [-0.15, -0.1) is 0 Å². The van der Waals surface area contributed by atoms with Gasteiger partial charge in [-0.1, -0.05) is 13.8 Å². The van der Waals surface area contributed by atoms with Crippen LogP contribution in [0.1, 0.15) is 38.8 Å². The van der Waals surface area contributed by atoms with E-state index in [1.807, 2.05) is 0 Å². The summed E-state index contributed by atoms with van der Waals surface area (Å²) in [4.78, 5) is 23.7. The summed E-state index contributed by atoms with van der Waals surface area (Å²) >= 11 is 0. The fourth-order valence-electron chi connectivity index (χ4n) is 2.78. The molecule has 2 atom stereocenters. The van der Waals surface area contributed by atoms with Crippen molar-refractivity contribution in [2.24, 2.45) is 11.8 Å². The highest BCUT2D eigenvalue weighted by molar-refractivity contribution is 5.76. The molecule has 0 spiro atoms. The Bertz CT molecular complexity index is 577. The van der Waals surface area contributed by atoms with E-state index in [2.05, 4.69) is 19.2 Å². The highest BCUT2D eigenvalue weighted by atomic mass is 16.3. The van der Waals surface area contributed by atoms with Gasteiger partial charge in [-0.05, 0) is 37.7 Å². The van der Waals surface area contributed by atoms with Crippen molar-refractivity contribution < 1.29 is 9.90 Å². The maximum Gasteiger partial charge on any atom is 0.254 e. The SMILES string of the molecule is Cc1cc(O)cc(=O)n1CCC(=O)N[C@@H]1C[C@H]1CC(C)C. The summed E-state index contributed by atoms with van der Waals surface area (Å²) in [5.41, 5.74) is 0.390. The Morgan fingerprint density at radius 3 is 2.81 bits per heavy atom. The molecule has 1 aromatic rings. The molecule has 1 aliphatic carbocycles. The first-order valence-electron chi connectivity index (χ1n) is 7.56. The third kappa shape index (κ3) is 4.34. The topological polar surface area (TPSA) is 71.3 Å². The van der Waals surface area contributed by atoms with Crippen LogP contribution in [0, 0.1) is 18.8 Å². The molecule has 21 heavy (non-hydrogen) atoms. The van der Waals surface area contributed by atoms with Crippen LogP contribution in [-0.4, -0.2) is 21.6 Å². The molecular weight excluding hydrogens is 268 g/mol. The number of aromatic nitrogens is 1. The van der Waals surface area contributed by atoms with Crippen LogP contribution in [0.3, 0.4) is 0 Å². The predicted molar refractivity (Wildman–Crippen MR) is 81.2 cm³/mol. The van der Waals surface area contributed by atoms with Crippen molar-refractivity contribution in [3.05, 3.63) is 28.2 Å². The maximum atomic E-state index is 11.9. The van der Waals surface area contributed by atoms with Crippen molar-refractivity contribution in [2.45, 2.75) is 52.6 Å². The number of nitrogens with one attached hydrogen (secondary N) is 1. The van der Waals surface area contributed by atoms with Crippen LogP contribution in [0.25, 0.3) is 0 Å². The lowest BCUT2D eigenvalue weighted by Gasteiger charge is -2.10. The first kappa shape index (κ1) is 15.6. The third-order valence-corrected chi connectivity index (χ3v) is 3.93. The lowest BCUT2D eigenvalue weighted by atomic mass is 10.1. The van der Waals surface area contributed by atoms with E-state index in [1.54, 1.807) is 6.92 Å². The minimum absolute atomic E-state index is 0.00867. The highest BCUT2D eigenvalue weighted by Gasteiger charge is 2.38. The first-order chi connectivity index (χ1) is 9.86. The largest absolute Gasteiger partial charge is 0.508 e. The van der Waals surface area contributed by atoms with Crippen LogP contribution in [0.2, 0.25) is 0 Å². The Hall–Kier alpha value is -1.78. The molecule has 1 amide bonds. The van der Waals surface area contributed by atoms with Gasteiger partial charge >= 0.3 is 0 Å². The number of rotatable bonds is 6. The Kier molecular flexibility index (Phi) is 4.70. The summed E-state index contributed by atoms with van der Waals surface area (Å²) in [6.45, 7) is 6.48. The van der Waals surface area contributed by atoms with Gasteiger partial charge in [0.2, 0.25) is 5.91 Å². The molecule has 1 heterocycles. The van der Waals surface area contributed by atoms with Gasteiger partial charge in [0, 0.05) is 30.8 Å². The van der Waals surface area contributed by atoms with Crippen LogP contribution in [0.4, 0.5) is 0 Å². The molecule has 0 saturated heterocycles. The fourth-order valence-corrected chi connectivity index (χ4v) is 2.78. The highest BCUT2D eigenvalue weighted by Crippen LogP contribution is 2.36. The van der Waals surface area contributed by atoms with Crippen LogP contribution < -0.4 is 10.9 Å². The maximum absolute atomic E-state index is 11.9. The number of pyridine rings is 1. The zero-order valence-electron chi connectivity index (χ0n) is 12.9. The minimum atomic E-state index is -0.274. The van der Waals surface area contributed by atoms with Gasteiger partial charge in [0.15, 0.2) is 0 Å². The van der Waals surface area contributed by atoms with E-state index in [4.69, 9.17) is 0 Å². The van der Waals surface area contributed by atoms with E-state index < -0.39 is 0 Å².